The van der Waals surface area contributed by atoms with Gasteiger partial charge in [-0.2, -0.15) is 0 Å². The number of amides is 1. The van der Waals surface area contributed by atoms with Crippen molar-refractivity contribution in [2.75, 3.05) is 38.8 Å². The summed E-state index contributed by atoms with van der Waals surface area (Å²) in [6, 6.07) is 12.2. The van der Waals surface area contributed by atoms with Gasteiger partial charge >= 0.3 is 0 Å². The first-order valence-electron chi connectivity index (χ1n) is 10.7. The lowest BCUT2D eigenvalue weighted by Crippen LogP contribution is -2.43. The van der Waals surface area contributed by atoms with Crippen molar-refractivity contribution in [2.24, 2.45) is 5.92 Å². The molecule has 0 bridgehead atoms. The molecule has 1 fully saturated rings. The number of ether oxygens (including phenoxy) is 2. The molecule has 1 aliphatic rings. The standard InChI is InChI=1S/C24H29N3O3S/c1-16-6-8-19-22(13-16)31-24(26-19)27-12-4-5-18(15-27)23(28)25-11-10-17-7-9-20(29-2)21(14-17)30-3/h6-9,13-14,18H,4-5,10-12,15H2,1-3H3,(H,25,28). The van der Waals surface area contributed by atoms with Crippen LogP contribution in [0.15, 0.2) is 36.4 Å². The van der Waals surface area contributed by atoms with Gasteiger partial charge in [0.05, 0.1) is 30.4 Å². The zero-order valence-corrected chi connectivity index (χ0v) is 19.1. The highest BCUT2D eigenvalue weighted by Gasteiger charge is 2.27. The Labute approximate surface area is 187 Å². The van der Waals surface area contributed by atoms with Crippen LogP contribution >= 0.6 is 11.3 Å². The van der Waals surface area contributed by atoms with Gasteiger partial charge < -0.3 is 19.7 Å². The van der Waals surface area contributed by atoms with Gasteiger partial charge in [-0.1, -0.05) is 23.5 Å². The number of nitrogens with one attached hydrogen (secondary N) is 1. The Bertz CT molecular complexity index is 1070. The molecule has 1 atom stereocenters. The molecule has 164 valence electrons. The summed E-state index contributed by atoms with van der Waals surface area (Å²) in [6.45, 7) is 4.38. The number of aryl methyl sites for hydroxylation is 1. The number of piperidine rings is 1. The van der Waals surface area contributed by atoms with E-state index >= 15 is 0 Å². The van der Waals surface area contributed by atoms with E-state index in [-0.39, 0.29) is 11.8 Å². The van der Waals surface area contributed by atoms with Crippen LogP contribution in [-0.2, 0) is 11.2 Å². The van der Waals surface area contributed by atoms with E-state index in [2.05, 4.69) is 35.3 Å². The van der Waals surface area contributed by atoms with Gasteiger partial charge in [-0.05, 0) is 61.6 Å². The van der Waals surface area contributed by atoms with E-state index in [1.165, 1.54) is 10.3 Å². The first kappa shape index (κ1) is 21.4. The second kappa shape index (κ2) is 9.56. The van der Waals surface area contributed by atoms with Crippen LogP contribution in [0.1, 0.15) is 24.0 Å². The Morgan fingerprint density at radius 3 is 2.84 bits per heavy atom. The number of fused-ring (bicyclic) bond motifs is 1. The lowest BCUT2D eigenvalue weighted by atomic mass is 9.97. The maximum absolute atomic E-state index is 12.8. The predicted molar refractivity (Wildman–Crippen MR) is 126 cm³/mol. The number of rotatable bonds is 7. The van der Waals surface area contributed by atoms with E-state index < -0.39 is 0 Å². The van der Waals surface area contributed by atoms with E-state index in [4.69, 9.17) is 14.5 Å². The molecule has 3 aromatic rings. The number of hydrogen-bond acceptors (Lipinski definition) is 6. The number of hydrogen-bond donors (Lipinski definition) is 1. The molecule has 7 heteroatoms. The van der Waals surface area contributed by atoms with Crippen LogP contribution in [0.5, 0.6) is 11.5 Å². The summed E-state index contributed by atoms with van der Waals surface area (Å²) in [7, 11) is 3.26. The molecule has 2 aromatic carbocycles. The van der Waals surface area contributed by atoms with Crippen LogP contribution in [0.4, 0.5) is 5.13 Å². The molecule has 1 aliphatic heterocycles. The van der Waals surface area contributed by atoms with Gasteiger partial charge in [0.15, 0.2) is 16.6 Å². The molecule has 0 radical (unpaired) electrons. The van der Waals surface area contributed by atoms with Gasteiger partial charge in [-0.25, -0.2) is 4.98 Å². The highest BCUT2D eigenvalue weighted by Crippen LogP contribution is 2.32. The maximum Gasteiger partial charge on any atom is 0.224 e. The number of thiazole rings is 1. The lowest BCUT2D eigenvalue weighted by Gasteiger charge is -2.31. The van der Waals surface area contributed by atoms with Crippen molar-refractivity contribution in [2.45, 2.75) is 26.2 Å². The Morgan fingerprint density at radius 2 is 2.03 bits per heavy atom. The molecule has 2 heterocycles. The first-order valence-corrected chi connectivity index (χ1v) is 11.5. The SMILES string of the molecule is COc1ccc(CCNC(=O)C2CCCN(c3nc4ccc(C)cc4s3)C2)cc1OC. The smallest absolute Gasteiger partial charge is 0.224 e. The fraction of sp³-hybridized carbons (Fsp3) is 0.417. The number of nitrogens with zero attached hydrogens (tertiary/aromatic N) is 2. The molecule has 1 N–H and O–H groups in total. The Balaban J connectivity index is 1.33. The van der Waals surface area contributed by atoms with Crippen LogP contribution in [0.3, 0.4) is 0 Å². The zero-order valence-electron chi connectivity index (χ0n) is 18.3. The maximum atomic E-state index is 12.8. The third kappa shape index (κ3) is 4.93. The van der Waals surface area contributed by atoms with Gasteiger partial charge in [0, 0.05) is 19.6 Å². The van der Waals surface area contributed by atoms with Crippen molar-refractivity contribution in [1.29, 1.82) is 0 Å². The molecule has 1 unspecified atom stereocenters. The summed E-state index contributed by atoms with van der Waals surface area (Å²) in [6.07, 6.45) is 2.67. The molecule has 1 aromatic heterocycles. The zero-order chi connectivity index (χ0) is 21.8. The minimum atomic E-state index is -0.00657. The lowest BCUT2D eigenvalue weighted by molar-refractivity contribution is -0.125. The van der Waals surface area contributed by atoms with Crippen molar-refractivity contribution in [3.8, 4) is 11.5 Å². The largest absolute Gasteiger partial charge is 0.493 e. The van der Waals surface area contributed by atoms with Crippen LogP contribution in [-0.4, -0.2) is 44.7 Å². The van der Waals surface area contributed by atoms with Crippen LogP contribution in [0, 0.1) is 12.8 Å². The Kier molecular flexibility index (Phi) is 6.61. The third-order valence-corrected chi connectivity index (χ3v) is 6.84. The minimum absolute atomic E-state index is 0.00657. The summed E-state index contributed by atoms with van der Waals surface area (Å²) in [5.74, 6) is 1.54. The Morgan fingerprint density at radius 1 is 1.19 bits per heavy atom. The van der Waals surface area contributed by atoms with Crippen molar-refractivity contribution in [1.82, 2.24) is 10.3 Å². The number of anilines is 1. The van der Waals surface area contributed by atoms with E-state index in [0.717, 1.165) is 48.6 Å². The number of carbonyl (C=O) groups excluding carboxylic acids is 1. The quantitative estimate of drug-likeness (QED) is 0.598. The topological polar surface area (TPSA) is 63.7 Å². The summed E-state index contributed by atoms with van der Waals surface area (Å²) in [5, 5.41) is 4.14. The number of benzene rings is 2. The summed E-state index contributed by atoms with van der Waals surface area (Å²) in [4.78, 5) is 19.9. The van der Waals surface area contributed by atoms with Crippen LogP contribution < -0.4 is 19.7 Å². The highest BCUT2D eigenvalue weighted by atomic mass is 32.1. The summed E-state index contributed by atoms with van der Waals surface area (Å²) < 4.78 is 11.8. The van der Waals surface area contributed by atoms with Crippen molar-refractivity contribution >= 4 is 32.6 Å². The van der Waals surface area contributed by atoms with Gasteiger partial charge in [0.2, 0.25) is 5.91 Å². The summed E-state index contributed by atoms with van der Waals surface area (Å²) in [5.41, 5.74) is 3.38. The molecule has 1 amide bonds. The second-order valence-electron chi connectivity index (χ2n) is 7.98. The average Bonchev–Trinajstić information content (AvgIpc) is 3.22. The molecule has 0 spiro atoms. The molecule has 6 nitrogen and oxygen atoms in total. The van der Waals surface area contributed by atoms with Crippen LogP contribution in [0.25, 0.3) is 10.2 Å². The van der Waals surface area contributed by atoms with E-state index in [1.54, 1.807) is 25.6 Å². The average molecular weight is 440 g/mol. The number of aromatic nitrogens is 1. The molecule has 0 saturated carbocycles. The first-order chi connectivity index (χ1) is 15.1. The second-order valence-corrected chi connectivity index (χ2v) is 8.99. The molecule has 1 saturated heterocycles. The molecular weight excluding hydrogens is 410 g/mol. The monoisotopic (exact) mass is 439 g/mol. The number of methoxy groups -OCH3 is 2. The van der Waals surface area contributed by atoms with Crippen molar-refractivity contribution in [3.05, 3.63) is 47.5 Å². The van der Waals surface area contributed by atoms with Crippen molar-refractivity contribution in [3.63, 3.8) is 0 Å². The minimum Gasteiger partial charge on any atom is -0.493 e. The fourth-order valence-electron chi connectivity index (χ4n) is 4.03. The predicted octanol–water partition coefficient (Wildman–Crippen LogP) is 4.20. The molecule has 0 aliphatic carbocycles. The highest BCUT2D eigenvalue weighted by molar-refractivity contribution is 7.22. The van der Waals surface area contributed by atoms with Gasteiger partial charge in [-0.15, -0.1) is 0 Å². The van der Waals surface area contributed by atoms with Gasteiger partial charge in [-0.3, -0.25) is 4.79 Å². The molecule has 4 rings (SSSR count). The van der Waals surface area contributed by atoms with Crippen molar-refractivity contribution < 1.29 is 14.3 Å². The molecular formula is C24H29N3O3S. The number of carbonyl (C=O) groups is 1. The van der Waals surface area contributed by atoms with Gasteiger partial charge in [0.1, 0.15) is 0 Å². The fourth-order valence-corrected chi connectivity index (χ4v) is 5.13. The molecule has 31 heavy (non-hydrogen) atoms. The van der Waals surface area contributed by atoms with E-state index in [9.17, 15) is 4.79 Å². The Hall–Kier alpha value is -2.80. The van der Waals surface area contributed by atoms with E-state index in [1.807, 2.05) is 18.2 Å². The van der Waals surface area contributed by atoms with Crippen LogP contribution in [0.2, 0.25) is 0 Å². The van der Waals surface area contributed by atoms with E-state index in [0.29, 0.717) is 18.0 Å². The van der Waals surface area contributed by atoms with Gasteiger partial charge in [0.25, 0.3) is 0 Å². The summed E-state index contributed by atoms with van der Waals surface area (Å²) >= 11 is 1.71. The normalized spacial score (nSPS) is 16.4. The third-order valence-electron chi connectivity index (χ3n) is 5.76.